The quantitative estimate of drug-likeness (QED) is 0.521. The summed E-state index contributed by atoms with van der Waals surface area (Å²) in [5, 5.41) is 0. The molecular weight excluding hydrogens is 160 g/mol. The van der Waals surface area contributed by atoms with Gasteiger partial charge in [-0.25, -0.2) is 0 Å². The summed E-state index contributed by atoms with van der Waals surface area (Å²) in [6, 6.07) is 0. The molecule has 0 aliphatic heterocycles. The molecule has 1 nitrogen and oxygen atoms in total. The first-order valence-electron chi connectivity index (χ1n) is 5.26. The molecule has 2 fully saturated rings. The number of rotatable bonds is 0. The predicted molar refractivity (Wildman–Crippen MR) is 53.4 cm³/mol. The number of carbonyl (C=O) groups excluding carboxylic acids is 1. The third-order valence-corrected chi connectivity index (χ3v) is 4.32. The minimum atomic E-state index is -0.121. The van der Waals surface area contributed by atoms with Crippen LogP contribution >= 0.6 is 0 Å². The van der Waals surface area contributed by atoms with E-state index in [1.165, 1.54) is 32.1 Å². The van der Waals surface area contributed by atoms with Crippen LogP contribution in [0.5, 0.6) is 0 Å². The van der Waals surface area contributed by atoms with Gasteiger partial charge in [-0.15, -0.1) is 0 Å². The topological polar surface area (TPSA) is 17.1 Å². The van der Waals surface area contributed by atoms with Crippen molar-refractivity contribution in [3.8, 4) is 0 Å². The number of carbonyl (C=O) groups is 1. The van der Waals surface area contributed by atoms with Crippen molar-refractivity contribution in [3.05, 3.63) is 12.2 Å². The minimum absolute atomic E-state index is 0.121. The molecule has 1 heteroatoms. The summed E-state index contributed by atoms with van der Waals surface area (Å²) in [6.07, 6.45) is 6.25. The SMILES string of the molecule is C=C1C(=O)C(C)(C)C12CCCCC2. The van der Waals surface area contributed by atoms with Gasteiger partial charge in [-0.1, -0.05) is 39.7 Å². The highest BCUT2D eigenvalue weighted by atomic mass is 16.1. The Labute approximate surface area is 80.2 Å². The highest BCUT2D eigenvalue weighted by molar-refractivity contribution is 6.08. The Hall–Kier alpha value is -0.590. The maximum absolute atomic E-state index is 11.7. The fourth-order valence-corrected chi connectivity index (χ4v) is 3.21. The molecule has 0 amide bonds. The van der Waals surface area contributed by atoms with E-state index in [1.54, 1.807) is 0 Å². The van der Waals surface area contributed by atoms with E-state index in [4.69, 9.17) is 0 Å². The molecule has 0 N–H and O–H groups in total. The van der Waals surface area contributed by atoms with Gasteiger partial charge in [0.15, 0.2) is 5.78 Å². The monoisotopic (exact) mass is 178 g/mol. The largest absolute Gasteiger partial charge is 0.294 e. The molecule has 2 aliphatic rings. The fraction of sp³-hybridized carbons (Fsp3) is 0.750. The number of hydrogen-bond acceptors (Lipinski definition) is 1. The number of hydrogen-bond donors (Lipinski definition) is 0. The molecule has 72 valence electrons. The van der Waals surface area contributed by atoms with Crippen molar-refractivity contribution in [2.75, 3.05) is 0 Å². The molecule has 0 saturated heterocycles. The summed E-state index contributed by atoms with van der Waals surface area (Å²) in [5.41, 5.74) is 0.976. The number of allylic oxidation sites excluding steroid dienone is 1. The van der Waals surface area contributed by atoms with Crippen LogP contribution in [-0.2, 0) is 4.79 Å². The summed E-state index contributed by atoms with van der Waals surface area (Å²) in [6.45, 7) is 8.15. The van der Waals surface area contributed by atoms with Gasteiger partial charge in [0, 0.05) is 10.8 Å². The van der Waals surface area contributed by atoms with E-state index in [0.717, 1.165) is 5.57 Å². The maximum Gasteiger partial charge on any atom is 0.165 e. The van der Waals surface area contributed by atoms with Crippen molar-refractivity contribution in [2.24, 2.45) is 10.8 Å². The summed E-state index contributed by atoms with van der Waals surface area (Å²) < 4.78 is 0. The second kappa shape index (κ2) is 2.46. The number of Topliss-reactive ketones (excluding diaryl/α,β-unsaturated/α-hetero) is 1. The summed E-state index contributed by atoms with van der Waals surface area (Å²) in [4.78, 5) is 11.7. The molecule has 0 bridgehead atoms. The second-order valence-electron chi connectivity index (χ2n) is 5.08. The van der Waals surface area contributed by atoms with Gasteiger partial charge in [0.1, 0.15) is 0 Å². The lowest BCUT2D eigenvalue weighted by atomic mass is 9.43. The van der Waals surface area contributed by atoms with Gasteiger partial charge in [-0.05, 0) is 18.4 Å². The first-order valence-corrected chi connectivity index (χ1v) is 5.26. The van der Waals surface area contributed by atoms with Gasteiger partial charge in [0.05, 0.1) is 0 Å². The Kier molecular flexibility index (Phi) is 1.70. The lowest BCUT2D eigenvalue weighted by Gasteiger charge is -2.58. The molecule has 0 unspecified atom stereocenters. The summed E-state index contributed by atoms with van der Waals surface area (Å²) >= 11 is 0. The van der Waals surface area contributed by atoms with Crippen LogP contribution in [0, 0.1) is 10.8 Å². The molecule has 13 heavy (non-hydrogen) atoms. The molecule has 0 radical (unpaired) electrons. The molecule has 1 spiro atoms. The van der Waals surface area contributed by atoms with Crippen LogP contribution in [0.2, 0.25) is 0 Å². The van der Waals surface area contributed by atoms with Crippen LogP contribution < -0.4 is 0 Å². The molecule has 0 heterocycles. The van der Waals surface area contributed by atoms with Gasteiger partial charge >= 0.3 is 0 Å². The molecule has 0 aromatic heterocycles. The Morgan fingerprint density at radius 2 is 1.69 bits per heavy atom. The van der Waals surface area contributed by atoms with Crippen LogP contribution in [0.25, 0.3) is 0 Å². The lowest BCUT2D eigenvalue weighted by Crippen LogP contribution is -2.58. The van der Waals surface area contributed by atoms with Crippen LogP contribution in [0.1, 0.15) is 46.0 Å². The third-order valence-electron chi connectivity index (χ3n) is 4.32. The first kappa shape index (κ1) is 8.98. The van der Waals surface area contributed by atoms with E-state index in [9.17, 15) is 4.79 Å². The van der Waals surface area contributed by atoms with E-state index in [2.05, 4.69) is 20.4 Å². The number of ketones is 1. The zero-order chi connectivity index (χ0) is 9.69. The zero-order valence-electron chi connectivity index (χ0n) is 8.65. The van der Waals surface area contributed by atoms with Crippen molar-refractivity contribution in [3.63, 3.8) is 0 Å². The highest BCUT2D eigenvalue weighted by Gasteiger charge is 2.62. The van der Waals surface area contributed by atoms with Crippen molar-refractivity contribution >= 4 is 5.78 Å². The normalized spacial score (nSPS) is 30.3. The molecule has 2 saturated carbocycles. The van der Waals surface area contributed by atoms with Crippen LogP contribution in [0.15, 0.2) is 12.2 Å². The van der Waals surface area contributed by atoms with Crippen LogP contribution in [0.3, 0.4) is 0 Å². The van der Waals surface area contributed by atoms with E-state index in [0.29, 0.717) is 5.78 Å². The van der Waals surface area contributed by atoms with E-state index in [-0.39, 0.29) is 10.8 Å². The predicted octanol–water partition coefficient (Wildman–Crippen LogP) is 3.10. The van der Waals surface area contributed by atoms with Gasteiger partial charge in [-0.3, -0.25) is 4.79 Å². The van der Waals surface area contributed by atoms with Crippen LogP contribution in [0.4, 0.5) is 0 Å². The zero-order valence-corrected chi connectivity index (χ0v) is 8.65. The van der Waals surface area contributed by atoms with E-state index >= 15 is 0 Å². The van der Waals surface area contributed by atoms with Crippen molar-refractivity contribution < 1.29 is 4.79 Å². The lowest BCUT2D eigenvalue weighted by molar-refractivity contribution is -0.144. The Morgan fingerprint density at radius 1 is 1.15 bits per heavy atom. The molecular formula is C12H18O. The van der Waals surface area contributed by atoms with Crippen molar-refractivity contribution in [1.29, 1.82) is 0 Å². The van der Waals surface area contributed by atoms with Gasteiger partial charge in [0.25, 0.3) is 0 Å². The standard InChI is InChI=1S/C12H18O/c1-9-10(13)11(2,3)12(9)7-5-4-6-8-12/h1,4-8H2,2-3H3. The van der Waals surface area contributed by atoms with E-state index < -0.39 is 0 Å². The molecule has 2 rings (SSSR count). The average Bonchev–Trinajstić information content (AvgIpc) is 2.16. The fourth-order valence-electron chi connectivity index (χ4n) is 3.21. The minimum Gasteiger partial charge on any atom is -0.294 e. The van der Waals surface area contributed by atoms with E-state index in [1.807, 2.05) is 0 Å². The highest BCUT2D eigenvalue weighted by Crippen LogP contribution is 2.63. The van der Waals surface area contributed by atoms with Crippen molar-refractivity contribution in [1.82, 2.24) is 0 Å². The average molecular weight is 178 g/mol. The molecule has 2 aliphatic carbocycles. The smallest absolute Gasteiger partial charge is 0.165 e. The molecule has 0 atom stereocenters. The third kappa shape index (κ3) is 0.853. The summed E-state index contributed by atoms with van der Waals surface area (Å²) in [7, 11) is 0. The second-order valence-corrected chi connectivity index (χ2v) is 5.08. The van der Waals surface area contributed by atoms with Gasteiger partial charge < -0.3 is 0 Å². The molecule has 0 aromatic rings. The Morgan fingerprint density at radius 3 is 2.15 bits per heavy atom. The van der Waals surface area contributed by atoms with Crippen LogP contribution in [-0.4, -0.2) is 5.78 Å². The summed E-state index contributed by atoms with van der Waals surface area (Å²) in [5.74, 6) is 0.300. The van der Waals surface area contributed by atoms with Gasteiger partial charge in [0.2, 0.25) is 0 Å². The Bertz CT molecular complexity index is 267. The van der Waals surface area contributed by atoms with Crippen molar-refractivity contribution in [2.45, 2.75) is 46.0 Å². The molecule has 0 aromatic carbocycles. The maximum atomic E-state index is 11.7. The Balaban J connectivity index is 2.31. The first-order chi connectivity index (χ1) is 6.02. The van der Waals surface area contributed by atoms with Gasteiger partial charge in [-0.2, -0.15) is 0 Å².